The molecule has 7 nitrogen and oxygen atoms in total. The van der Waals surface area contributed by atoms with Crippen LogP contribution in [-0.2, 0) is 6.54 Å². The number of aliphatic hydroxyl groups is 1. The van der Waals surface area contributed by atoms with Crippen LogP contribution in [-0.4, -0.2) is 43.0 Å². The van der Waals surface area contributed by atoms with Crippen LogP contribution in [0.15, 0.2) is 42.7 Å². The number of ether oxygens (including phenoxy) is 1. The highest BCUT2D eigenvalue weighted by atomic mass is 35.5. The number of hydrogen-bond acceptors (Lipinski definition) is 6. The molecule has 2 aromatic heterocycles. The molecule has 0 aliphatic carbocycles. The number of para-hydroxylation sites is 1. The van der Waals surface area contributed by atoms with Gasteiger partial charge in [0.2, 0.25) is 5.82 Å². The molecule has 1 aromatic carbocycles. The molecule has 9 heteroatoms. The summed E-state index contributed by atoms with van der Waals surface area (Å²) in [6.07, 6.45) is 2.45. The van der Waals surface area contributed by atoms with E-state index in [9.17, 15) is 5.11 Å². The molecule has 2 heterocycles. The topological polar surface area (TPSA) is 86.0 Å². The van der Waals surface area contributed by atoms with E-state index in [1.54, 1.807) is 36.7 Å². The molecule has 3 rings (SSSR count). The van der Waals surface area contributed by atoms with Gasteiger partial charge < -0.3 is 9.84 Å². The summed E-state index contributed by atoms with van der Waals surface area (Å²) in [5, 5.41) is 22.9. The lowest BCUT2D eigenvalue weighted by Crippen LogP contribution is -2.25. The molecule has 0 amide bonds. The lowest BCUT2D eigenvalue weighted by Gasteiger charge is -2.13. The van der Waals surface area contributed by atoms with E-state index in [-0.39, 0.29) is 13.2 Å². The zero-order valence-electron chi connectivity index (χ0n) is 12.4. The lowest BCUT2D eigenvalue weighted by molar-refractivity contribution is 0.0851. The van der Waals surface area contributed by atoms with Gasteiger partial charge in [-0.25, -0.2) is 0 Å². The summed E-state index contributed by atoms with van der Waals surface area (Å²) in [5.74, 6) is 0.771. The van der Waals surface area contributed by atoms with Crippen LogP contribution < -0.4 is 4.74 Å². The van der Waals surface area contributed by atoms with Gasteiger partial charge in [0.25, 0.3) is 0 Å². The van der Waals surface area contributed by atoms with Crippen LogP contribution in [0.3, 0.4) is 0 Å². The Labute approximate surface area is 147 Å². The molecule has 0 bridgehead atoms. The second-order valence-corrected chi connectivity index (χ2v) is 5.74. The van der Waals surface area contributed by atoms with Crippen LogP contribution in [0.4, 0.5) is 0 Å². The Bertz CT molecular complexity index is 792. The van der Waals surface area contributed by atoms with Crippen molar-refractivity contribution >= 4 is 23.2 Å². The monoisotopic (exact) mass is 365 g/mol. The summed E-state index contributed by atoms with van der Waals surface area (Å²) in [4.78, 5) is 5.30. The van der Waals surface area contributed by atoms with E-state index < -0.39 is 6.10 Å². The fourth-order valence-electron chi connectivity index (χ4n) is 1.97. The van der Waals surface area contributed by atoms with E-state index in [1.165, 1.54) is 4.80 Å². The zero-order valence-corrected chi connectivity index (χ0v) is 13.9. The molecular weight excluding hydrogens is 353 g/mol. The van der Waals surface area contributed by atoms with E-state index in [2.05, 4.69) is 20.4 Å². The van der Waals surface area contributed by atoms with Gasteiger partial charge in [-0.2, -0.15) is 4.80 Å². The molecule has 1 N–H and O–H groups in total. The van der Waals surface area contributed by atoms with Crippen molar-refractivity contribution in [3.05, 3.63) is 52.8 Å². The van der Waals surface area contributed by atoms with Crippen molar-refractivity contribution in [2.75, 3.05) is 6.61 Å². The fourth-order valence-corrected chi connectivity index (χ4v) is 2.48. The highest BCUT2D eigenvalue weighted by Gasteiger charge is 2.13. The Balaban J connectivity index is 1.59. The van der Waals surface area contributed by atoms with E-state index in [4.69, 9.17) is 27.9 Å². The van der Waals surface area contributed by atoms with Crippen LogP contribution in [0.25, 0.3) is 11.4 Å². The maximum Gasteiger partial charge on any atom is 0.206 e. The highest BCUT2D eigenvalue weighted by Crippen LogP contribution is 2.32. The van der Waals surface area contributed by atoms with Gasteiger partial charge in [-0.05, 0) is 29.5 Å². The summed E-state index contributed by atoms with van der Waals surface area (Å²) in [7, 11) is 0. The molecule has 1 atom stereocenters. The van der Waals surface area contributed by atoms with Gasteiger partial charge in [-0.1, -0.05) is 29.3 Å². The van der Waals surface area contributed by atoms with Crippen molar-refractivity contribution < 1.29 is 9.84 Å². The maximum absolute atomic E-state index is 10.1. The van der Waals surface area contributed by atoms with Crippen molar-refractivity contribution in [1.82, 2.24) is 25.2 Å². The normalized spacial score (nSPS) is 12.1. The van der Waals surface area contributed by atoms with Gasteiger partial charge in [0.1, 0.15) is 12.7 Å². The predicted octanol–water partition coefficient (Wildman–Crippen LogP) is 2.48. The summed E-state index contributed by atoms with van der Waals surface area (Å²) in [6, 6.07) is 8.65. The van der Waals surface area contributed by atoms with E-state index in [1.807, 2.05) is 6.07 Å². The summed E-state index contributed by atoms with van der Waals surface area (Å²) < 4.78 is 5.48. The van der Waals surface area contributed by atoms with Crippen LogP contribution >= 0.6 is 23.2 Å². The average Bonchev–Trinajstić information content (AvgIpc) is 3.03. The summed E-state index contributed by atoms with van der Waals surface area (Å²) in [5.41, 5.74) is 0.748. The minimum absolute atomic E-state index is 0.00673. The lowest BCUT2D eigenvalue weighted by atomic mass is 10.3. The minimum Gasteiger partial charge on any atom is -0.488 e. The Hall–Kier alpha value is -2.22. The number of nitrogens with zero attached hydrogens (tertiary/aromatic N) is 5. The second kappa shape index (κ2) is 7.57. The first-order valence-corrected chi connectivity index (χ1v) is 7.82. The smallest absolute Gasteiger partial charge is 0.206 e. The van der Waals surface area contributed by atoms with Crippen LogP contribution in [0, 0.1) is 0 Å². The molecule has 0 fully saturated rings. The molecule has 0 radical (unpaired) electrons. The van der Waals surface area contributed by atoms with Gasteiger partial charge in [0, 0.05) is 18.0 Å². The van der Waals surface area contributed by atoms with E-state index in [0.29, 0.717) is 21.6 Å². The van der Waals surface area contributed by atoms with Crippen molar-refractivity contribution in [2.24, 2.45) is 0 Å². The third-order valence-electron chi connectivity index (χ3n) is 3.09. The first kappa shape index (κ1) is 16.6. The molecule has 0 aliphatic heterocycles. The van der Waals surface area contributed by atoms with Crippen molar-refractivity contribution in [3.8, 4) is 17.1 Å². The third kappa shape index (κ3) is 4.00. The first-order chi connectivity index (χ1) is 11.6. The van der Waals surface area contributed by atoms with Gasteiger partial charge in [-0.15, -0.1) is 10.2 Å². The van der Waals surface area contributed by atoms with Crippen LogP contribution in [0.2, 0.25) is 10.0 Å². The molecule has 0 saturated carbocycles. The van der Waals surface area contributed by atoms with Crippen molar-refractivity contribution in [2.45, 2.75) is 12.6 Å². The van der Waals surface area contributed by atoms with Gasteiger partial charge in [0.15, 0.2) is 5.75 Å². The molecule has 124 valence electrons. The standard InChI is InChI=1S/C15H13Cl2N5O2/c16-12-4-1-5-13(17)14(12)24-9-11(23)8-22-20-15(19-21-22)10-3-2-6-18-7-10/h1-7,11,23H,8-9H2/t11-/m1/s1. The van der Waals surface area contributed by atoms with Crippen molar-refractivity contribution in [1.29, 1.82) is 0 Å². The number of benzene rings is 1. The van der Waals surface area contributed by atoms with E-state index in [0.717, 1.165) is 5.56 Å². The third-order valence-corrected chi connectivity index (χ3v) is 3.68. The minimum atomic E-state index is -0.853. The van der Waals surface area contributed by atoms with Gasteiger partial charge >= 0.3 is 0 Å². The Morgan fingerprint density at radius 1 is 1.17 bits per heavy atom. The van der Waals surface area contributed by atoms with Crippen molar-refractivity contribution in [3.63, 3.8) is 0 Å². The van der Waals surface area contributed by atoms with Crippen LogP contribution in [0.5, 0.6) is 5.75 Å². The number of halogens is 2. The SMILES string of the molecule is O[C@@H](COc1c(Cl)cccc1Cl)Cn1nnc(-c2cccnc2)n1. The zero-order chi connectivity index (χ0) is 16.9. The number of tetrazole rings is 1. The molecule has 3 aromatic rings. The number of rotatable bonds is 6. The Morgan fingerprint density at radius 3 is 2.67 bits per heavy atom. The molecule has 24 heavy (non-hydrogen) atoms. The van der Waals surface area contributed by atoms with E-state index >= 15 is 0 Å². The van der Waals surface area contributed by atoms with Gasteiger partial charge in [0.05, 0.1) is 16.6 Å². The molecule has 0 spiro atoms. The fraction of sp³-hybridized carbons (Fsp3) is 0.200. The highest BCUT2D eigenvalue weighted by molar-refractivity contribution is 6.37. The van der Waals surface area contributed by atoms with Crippen LogP contribution in [0.1, 0.15) is 0 Å². The Morgan fingerprint density at radius 2 is 1.96 bits per heavy atom. The molecule has 0 unspecified atom stereocenters. The molecule has 0 saturated heterocycles. The largest absolute Gasteiger partial charge is 0.488 e. The second-order valence-electron chi connectivity index (χ2n) is 4.93. The quantitative estimate of drug-likeness (QED) is 0.721. The number of aliphatic hydroxyl groups excluding tert-OH is 1. The maximum atomic E-state index is 10.1. The number of hydrogen-bond donors (Lipinski definition) is 1. The number of pyridine rings is 1. The first-order valence-electron chi connectivity index (χ1n) is 7.06. The average molecular weight is 366 g/mol. The molecular formula is C15H13Cl2N5O2. The molecule has 0 aliphatic rings. The predicted molar refractivity (Wildman–Crippen MR) is 89.0 cm³/mol. The number of aromatic nitrogens is 5. The Kier molecular flexibility index (Phi) is 5.24. The summed E-state index contributed by atoms with van der Waals surface area (Å²) >= 11 is 12.0. The van der Waals surface area contributed by atoms with Gasteiger partial charge in [-0.3, -0.25) is 4.98 Å². The summed E-state index contributed by atoms with van der Waals surface area (Å²) in [6.45, 7) is 0.114.